The Kier molecular flexibility index (Phi) is 6.70. The Morgan fingerprint density at radius 2 is 1.76 bits per heavy atom. The second-order valence-corrected chi connectivity index (χ2v) is 8.40. The number of anilines is 2. The molecule has 0 radical (unpaired) electrons. The van der Waals surface area contributed by atoms with Gasteiger partial charge in [-0.05, 0) is 73.5 Å². The number of aromatic nitrogens is 1. The maximum Gasteiger partial charge on any atom is 0.272 e. The summed E-state index contributed by atoms with van der Waals surface area (Å²) < 4.78 is 5.90. The molecule has 34 heavy (non-hydrogen) atoms. The van der Waals surface area contributed by atoms with E-state index in [1.54, 1.807) is 42.5 Å². The Balaban J connectivity index is 1.44. The minimum atomic E-state index is -0.312. The molecule has 7 heteroatoms. The summed E-state index contributed by atoms with van der Waals surface area (Å²) in [5.41, 5.74) is 5.74. The zero-order chi connectivity index (χ0) is 24.2. The molecule has 172 valence electrons. The topological polar surface area (TPSA) is 83.2 Å². The van der Waals surface area contributed by atoms with Gasteiger partial charge >= 0.3 is 0 Å². The Morgan fingerprint density at radius 3 is 2.53 bits per heavy atom. The third-order valence-electron chi connectivity index (χ3n) is 5.40. The van der Waals surface area contributed by atoms with Crippen LogP contribution in [0.1, 0.15) is 27.2 Å². The van der Waals surface area contributed by atoms with Gasteiger partial charge in [0, 0.05) is 22.3 Å². The van der Waals surface area contributed by atoms with Gasteiger partial charge < -0.3 is 20.4 Å². The Bertz CT molecular complexity index is 1410. The van der Waals surface area contributed by atoms with E-state index in [2.05, 4.69) is 40.4 Å². The molecular formula is C27H24ClN3O3. The lowest BCUT2D eigenvalue weighted by Crippen LogP contribution is -2.12. The molecule has 3 aromatic carbocycles. The number of rotatable bonds is 7. The summed E-state index contributed by atoms with van der Waals surface area (Å²) in [6.45, 7) is 7.93. The molecule has 4 rings (SSSR count). The lowest BCUT2D eigenvalue weighted by molar-refractivity contribution is -0.111. The quantitative estimate of drug-likeness (QED) is 0.272. The first-order chi connectivity index (χ1) is 16.3. The van der Waals surface area contributed by atoms with Crippen molar-refractivity contribution in [1.29, 1.82) is 0 Å². The van der Waals surface area contributed by atoms with Gasteiger partial charge in [0.25, 0.3) is 5.91 Å². The van der Waals surface area contributed by atoms with Crippen molar-refractivity contribution in [3.05, 3.63) is 101 Å². The molecular weight excluding hydrogens is 450 g/mol. The molecule has 0 saturated heterocycles. The highest BCUT2D eigenvalue weighted by atomic mass is 35.5. The van der Waals surface area contributed by atoms with E-state index in [-0.39, 0.29) is 11.8 Å². The minimum absolute atomic E-state index is 0.300. The second kappa shape index (κ2) is 9.85. The zero-order valence-corrected chi connectivity index (χ0v) is 19.6. The Morgan fingerprint density at radius 1 is 1.00 bits per heavy atom. The number of H-pyrrole nitrogens is 1. The zero-order valence-electron chi connectivity index (χ0n) is 18.9. The molecule has 0 bridgehead atoms. The molecule has 2 amide bonds. The van der Waals surface area contributed by atoms with Gasteiger partial charge in [-0.3, -0.25) is 9.59 Å². The van der Waals surface area contributed by atoms with Crippen LogP contribution in [-0.4, -0.2) is 16.8 Å². The van der Waals surface area contributed by atoms with Crippen molar-refractivity contribution >= 4 is 45.7 Å². The van der Waals surface area contributed by atoms with Crippen LogP contribution in [-0.2, 0) is 11.4 Å². The Hall–Kier alpha value is -4.03. The van der Waals surface area contributed by atoms with Crippen LogP contribution in [0.2, 0.25) is 5.02 Å². The van der Waals surface area contributed by atoms with Gasteiger partial charge in [-0.2, -0.15) is 0 Å². The summed E-state index contributed by atoms with van der Waals surface area (Å²) in [7, 11) is 0. The van der Waals surface area contributed by atoms with Crippen molar-refractivity contribution in [3.8, 4) is 5.75 Å². The number of hydrogen-bond acceptors (Lipinski definition) is 3. The van der Waals surface area contributed by atoms with E-state index in [9.17, 15) is 9.59 Å². The molecule has 0 unspecified atom stereocenters. The first-order valence-corrected chi connectivity index (χ1v) is 11.1. The molecule has 0 aliphatic carbocycles. The number of ether oxygens (including phenoxy) is 1. The van der Waals surface area contributed by atoms with Crippen molar-refractivity contribution in [1.82, 2.24) is 4.98 Å². The number of halogens is 1. The highest BCUT2D eigenvalue weighted by Gasteiger charge is 2.12. The fourth-order valence-electron chi connectivity index (χ4n) is 3.53. The summed E-state index contributed by atoms with van der Waals surface area (Å²) >= 11 is 6.41. The van der Waals surface area contributed by atoms with Crippen LogP contribution in [0, 0.1) is 13.8 Å². The number of carbonyl (C=O) groups excluding carboxylic acids is 2. The van der Waals surface area contributed by atoms with Gasteiger partial charge in [-0.15, -0.1) is 0 Å². The van der Waals surface area contributed by atoms with Crippen molar-refractivity contribution in [2.45, 2.75) is 20.5 Å². The molecule has 4 aromatic rings. The lowest BCUT2D eigenvalue weighted by atomic mass is 10.1. The third kappa shape index (κ3) is 5.30. The number of nitrogens with one attached hydrogen (secondary N) is 3. The van der Waals surface area contributed by atoms with Crippen LogP contribution < -0.4 is 15.4 Å². The summed E-state index contributed by atoms with van der Waals surface area (Å²) in [4.78, 5) is 27.4. The first-order valence-electron chi connectivity index (χ1n) is 10.7. The molecule has 1 aromatic heterocycles. The van der Waals surface area contributed by atoms with Crippen molar-refractivity contribution in [2.75, 3.05) is 10.6 Å². The summed E-state index contributed by atoms with van der Waals surface area (Å²) in [6.07, 6.45) is 1.20. The van der Waals surface area contributed by atoms with Crippen LogP contribution in [0.3, 0.4) is 0 Å². The van der Waals surface area contributed by atoms with Gasteiger partial charge in [0.2, 0.25) is 5.91 Å². The van der Waals surface area contributed by atoms with Crippen molar-refractivity contribution < 1.29 is 14.3 Å². The van der Waals surface area contributed by atoms with Crippen LogP contribution in [0.4, 0.5) is 11.4 Å². The second-order valence-electron chi connectivity index (χ2n) is 8.00. The smallest absolute Gasteiger partial charge is 0.272 e. The van der Waals surface area contributed by atoms with E-state index >= 15 is 0 Å². The van der Waals surface area contributed by atoms with Gasteiger partial charge in [0.15, 0.2) is 0 Å². The fraction of sp³-hybridized carbons (Fsp3) is 0.111. The van der Waals surface area contributed by atoms with Crippen LogP contribution >= 0.6 is 11.6 Å². The van der Waals surface area contributed by atoms with Crippen molar-refractivity contribution in [3.63, 3.8) is 0 Å². The van der Waals surface area contributed by atoms with Crippen LogP contribution in [0.5, 0.6) is 5.75 Å². The predicted molar refractivity (Wildman–Crippen MR) is 137 cm³/mol. The number of carbonyl (C=O) groups is 2. The normalized spacial score (nSPS) is 10.7. The number of fused-ring (bicyclic) bond motifs is 1. The molecule has 1 heterocycles. The summed E-state index contributed by atoms with van der Waals surface area (Å²) in [6, 6.07) is 18.4. The minimum Gasteiger partial charge on any atom is -0.487 e. The summed E-state index contributed by atoms with van der Waals surface area (Å²) in [5, 5.41) is 6.74. The van der Waals surface area contributed by atoms with Crippen LogP contribution in [0.15, 0.2) is 73.3 Å². The fourth-order valence-corrected chi connectivity index (χ4v) is 3.77. The number of amides is 2. The molecule has 0 saturated carbocycles. The highest BCUT2D eigenvalue weighted by Crippen LogP contribution is 2.29. The Labute approximate surface area is 202 Å². The van der Waals surface area contributed by atoms with Gasteiger partial charge in [0.1, 0.15) is 18.1 Å². The molecule has 0 spiro atoms. The SMILES string of the molecule is C=CC(=O)Nc1ccc2[nH]c(C(=O)Nc3ccc(OCc4cc(C)ccc4C)c(Cl)c3)cc2c1. The van der Waals surface area contributed by atoms with E-state index < -0.39 is 0 Å². The average molecular weight is 474 g/mol. The van der Waals surface area contributed by atoms with E-state index in [4.69, 9.17) is 16.3 Å². The van der Waals surface area contributed by atoms with Gasteiger partial charge in [0.05, 0.1) is 5.02 Å². The van der Waals surface area contributed by atoms with Gasteiger partial charge in [-0.1, -0.05) is 41.9 Å². The largest absolute Gasteiger partial charge is 0.487 e. The third-order valence-corrected chi connectivity index (χ3v) is 5.69. The lowest BCUT2D eigenvalue weighted by Gasteiger charge is -2.12. The molecule has 0 aliphatic rings. The molecule has 3 N–H and O–H groups in total. The molecule has 0 aliphatic heterocycles. The average Bonchev–Trinajstić information content (AvgIpc) is 3.24. The van der Waals surface area contributed by atoms with E-state index in [1.165, 1.54) is 11.6 Å². The first kappa shape index (κ1) is 23.1. The predicted octanol–water partition coefficient (Wildman–Crippen LogP) is 6.39. The van der Waals surface area contributed by atoms with E-state index in [1.807, 2.05) is 13.8 Å². The monoisotopic (exact) mass is 473 g/mol. The maximum atomic E-state index is 12.8. The van der Waals surface area contributed by atoms with Crippen molar-refractivity contribution in [2.24, 2.45) is 0 Å². The number of aryl methyl sites for hydroxylation is 2. The highest BCUT2D eigenvalue weighted by molar-refractivity contribution is 6.32. The molecule has 0 fully saturated rings. The maximum absolute atomic E-state index is 12.8. The number of benzene rings is 3. The van der Waals surface area contributed by atoms with Crippen LogP contribution in [0.25, 0.3) is 10.9 Å². The molecule has 0 atom stereocenters. The number of aromatic amines is 1. The summed E-state index contributed by atoms with van der Waals surface area (Å²) in [5.74, 6) is -0.0699. The molecule has 6 nitrogen and oxygen atoms in total. The van der Waals surface area contributed by atoms with E-state index in [0.717, 1.165) is 22.0 Å². The van der Waals surface area contributed by atoms with E-state index in [0.29, 0.717) is 34.4 Å². The number of hydrogen-bond donors (Lipinski definition) is 3. The standard InChI is InChI=1S/C27H24ClN3O3/c1-4-26(32)29-20-7-9-23-18(12-20)13-24(31-23)27(33)30-21-8-10-25(22(28)14-21)34-15-19-11-16(2)5-6-17(19)3/h4-14,31H,1,15H2,2-3H3,(H,29,32)(H,30,33). The van der Waals surface area contributed by atoms with Gasteiger partial charge in [-0.25, -0.2) is 0 Å².